The van der Waals surface area contributed by atoms with Gasteiger partial charge in [-0.3, -0.25) is 4.79 Å². The molecular weight excluding hydrogens is 307 g/mol. The number of nitrogens with one attached hydrogen (secondary N) is 2. The molecule has 0 aliphatic rings. The van der Waals surface area contributed by atoms with E-state index in [0.29, 0.717) is 15.7 Å². The number of aryl methyl sites for hydroxylation is 1. The van der Waals surface area contributed by atoms with E-state index >= 15 is 0 Å². The minimum absolute atomic E-state index is 0.160. The maximum absolute atomic E-state index is 12.0. The third kappa shape index (κ3) is 3.90. The van der Waals surface area contributed by atoms with Crippen LogP contribution in [0, 0.1) is 13.8 Å². The number of carbonyl (C=O) groups excluding carboxylic acids is 1. The summed E-state index contributed by atoms with van der Waals surface area (Å²) >= 11 is 11.9. The summed E-state index contributed by atoms with van der Waals surface area (Å²) in [4.78, 5) is 12.0. The minimum Gasteiger partial charge on any atom is -0.376 e. The molecule has 0 radical (unpaired) electrons. The molecule has 110 valence electrons. The zero-order chi connectivity index (χ0) is 15.4. The number of hydrogen-bond acceptors (Lipinski definition) is 2. The average Bonchev–Trinajstić information content (AvgIpc) is 2.45. The molecule has 2 rings (SSSR count). The van der Waals surface area contributed by atoms with Gasteiger partial charge in [-0.25, -0.2) is 0 Å². The number of anilines is 2. The first kappa shape index (κ1) is 15.7. The lowest BCUT2D eigenvalue weighted by Crippen LogP contribution is -2.22. The predicted octanol–water partition coefficient (Wildman–Crippen LogP) is 4.66. The van der Waals surface area contributed by atoms with Gasteiger partial charge in [-0.1, -0.05) is 41.4 Å². The Hall–Kier alpha value is -1.71. The van der Waals surface area contributed by atoms with Crippen LogP contribution in [-0.2, 0) is 4.79 Å². The molecule has 0 saturated carbocycles. The van der Waals surface area contributed by atoms with Crippen molar-refractivity contribution in [3.8, 4) is 0 Å². The van der Waals surface area contributed by atoms with Crippen LogP contribution in [0.4, 0.5) is 11.4 Å². The molecule has 0 bridgehead atoms. The number of rotatable bonds is 4. The van der Waals surface area contributed by atoms with Crippen LogP contribution in [0.2, 0.25) is 10.0 Å². The summed E-state index contributed by atoms with van der Waals surface area (Å²) < 4.78 is 0. The van der Waals surface area contributed by atoms with E-state index in [-0.39, 0.29) is 12.5 Å². The number of halogens is 2. The molecule has 0 fully saturated rings. The maximum Gasteiger partial charge on any atom is 0.243 e. The molecule has 1 amide bonds. The number of amides is 1. The highest BCUT2D eigenvalue weighted by Gasteiger charge is 2.08. The van der Waals surface area contributed by atoms with Gasteiger partial charge in [-0.15, -0.1) is 0 Å². The van der Waals surface area contributed by atoms with E-state index in [2.05, 4.69) is 10.6 Å². The largest absolute Gasteiger partial charge is 0.376 e. The molecule has 21 heavy (non-hydrogen) atoms. The fraction of sp³-hybridized carbons (Fsp3) is 0.188. The predicted molar refractivity (Wildman–Crippen MR) is 89.5 cm³/mol. The summed E-state index contributed by atoms with van der Waals surface area (Å²) in [5, 5.41) is 6.62. The number of benzene rings is 2. The summed E-state index contributed by atoms with van der Waals surface area (Å²) in [6.07, 6.45) is 0. The normalized spacial score (nSPS) is 10.3. The van der Waals surface area contributed by atoms with Gasteiger partial charge in [0.2, 0.25) is 5.91 Å². The number of hydrogen-bond donors (Lipinski definition) is 2. The molecule has 0 aliphatic heterocycles. The fourth-order valence-electron chi connectivity index (χ4n) is 1.91. The van der Waals surface area contributed by atoms with E-state index in [1.165, 1.54) is 5.56 Å². The monoisotopic (exact) mass is 322 g/mol. The van der Waals surface area contributed by atoms with Gasteiger partial charge in [0, 0.05) is 5.69 Å². The quantitative estimate of drug-likeness (QED) is 0.859. The third-order valence-corrected chi connectivity index (χ3v) is 4.09. The molecule has 0 aliphatic carbocycles. The van der Waals surface area contributed by atoms with Gasteiger partial charge in [-0.2, -0.15) is 0 Å². The van der Waals surface area contributed by atoms with E-state index in [4.69, 9.17) is 23.2 Å². The Bertz CT molecular complexity index is 671. The molecule has 3 nitrogen and oxygen atoms in total. The Morgan fingerprint density at radius 3 is 2.48 bits per heavy atom. The molecule has 0 saturated heterocycles. The van der Waals surface area contributed by atoms with E-state index in [9.17, 15) is 4.79 Å². The van der Waals surface area contributed by atoms with Crippen molar-refractivity contribution in [3.63, 3.8) is 0 Å². The topological polar surface area (TPSA) is 41.1 Å². The highest BCUT2D eigenvalue weighted by atomic mass is 35.5. The average molecular weight is 323 g/mol. The van der Waals surface area contributed by atoms with Crippen LogP contribution in [0.25, 0.3) is 0 Å². The van der Waals surface area contributed by atoms with Gasteiger partial charge in [0.25, 0.3) is 0 Å². The van der Waals surface area contributed by atoms with Gasteiger partial charge >= 0.3 is 0 Å². The molecule has 2 N–H and O–H groups in total. The Morgan fingerprint density at radius 2 is 1.71 bits per heavy atom. The zero-order valence-corrected chi connectivity index (χ0v) is 13.3. The van der Waals surface area contributed by atoms with Crippen LogP contribution < -0.4 is 10.6 Å². The smallest absolute Gasteiger partial charge is 0.243 e. The molecule has 0 atom stereocenters. The van der Waals surface area contributed by atoms with Crippen molar-refractivity contribution < 1.29 is 4.79 Å². The van der Waals surface area contributed by atoms with Gasteiger partial charge in [0.1, 0.15) is 0 Å². The van der Waals surface area contributed by atoms with Crippen LogP contribution in [0.15, 0.2) is 36.4 Å². The first-order chi connectivity index (χ1) is 9.99. The zero-order valence-electron chi connectivity index (χ0n) is 11.8. The molecular formula is C16H16Cl2N2O. The Balaban J connectivity index is 1.99. The second kappa shape index (κ2) is 6.83. The van der Waals surface area contributed by atoms with Crippen molar-refractivity contribution >= 4 is 40.5 Å². The minimum atomic E-state index is -0.180. The lowest BCUT2D eigenvalue weighted by atomic mass is 10.1. The van der Waals surface area contributed by atoms with Crippen LogP contribution >= 0.6 is 23.2 Å². The van der Waals surface area contributed by atoms with Crippen molar-refractivity contribution in [3.05, 3.63) is 57.6 Å². The first-order valence-corrected chi connectivity index (χ1v) is 7.28. The molecule has 0 heterocycles. The Labute approximate surface area is 134 Å². The van der Waals surface area contributed by atoms with Crippen molar-refractivity contribution in [1.29, 1.82) is 0 Å². The summed E-state index contributed by atoms with van der Waals surface area (Å²) in [6.45, 7) is 4.21. The van der Waals surface area contributed by atoms with Crippen LogP contribution in [0.5, 0.6) is 0 Å². The highest BCUT2D eigenvalue weighted by molar-refractivity contribution is 6.44. The van der Waals surface area contributed by atoms with Crippen molar-refractivity contribution in [2.75, 3.05) is 17.2 Å². The lowest BCUT2D eigenvalue weighted by molar-refractivity contribution is -0.114. The van der Waals surface area contributed by atoms with Crippen LogP contribution in [-0.4, -0.2) is 12.5 Å². The number of carbonyl (C=O) groups is 1. The Kier molecular flexibility index (Phi) is 5.10. The SMILES string of the molecule is Cc1cccc(NCC(=O)Nc2cccc(Cl)c2Cl)c1C. The van der Waals surface area contributed by atoms with E-state index in [0.717, 1.165) is 11.3 Å². The Morgan fingerprint density at radius 1 is 1.05 bits per heavy atom. The van der Waals surface area contributed by atoms with Gasteiger partial charge in [-0.05, 0) is 43.2 Å². The highest BCUT2D eigenvalue weighted by Crippen LogP contribution is 2.29. The lowest BCUT2D eigenvalue weighted by Gasteiger charge is -2.12. The summed E-state index contributed by atoms with van der Waals surface area (Å²) in [5.74, 6) is -0.180. The molecule has 2 aromatic carbocycles. The van der Waals surface area contributed by atoms with Crippen molar-refractivity contribution in [1.82, 2.24) is 0 Å². The van der Waals surface area contributed by atoms with E-state index in [1.54, 1.807) is 18.2 Å². The molecule has 2 aromatic rings. The van der Waals surface area contributed by atoms with Crippen molar-refractivity contribution in [2.45, 2.75) is 13.8 Å². The molecule has 0 aromatic heterocycles. The standard InChI is InChI=1S/C16H16Cl2N2O/c1-10-5-3-7-13(11(10)2)19-9-15(21)20-14-8-4-6-12(17)16(14)18/h3-8,19H,9H2,1-2H3,(H,20,21). The van der Waals surface area contributed by atoms with E-state index < -0.39 is 0 Å². The first-order valence-electron chi connectivity index (χ1n) is 6.53. The van der Waals surface area contributed by atoms with Gasteiger partial charge in [0.05, 0.1) is 22.3 Å². The maximum atomic E-state index is 12.0. The van der Waals surface area contributed by atoms with Gasteiger partial charge in [0.15, 0.2) is 0 Å². The molecule has 0 spiro atoms. The molecule has 0 unspecified atom stereocenters. The second-order valence-electron chi connectivity index (χ2n) is 4.75. The molecule has 5 heteroatoms. The summed E-state index contributed by atoms with van der Waals surface area (Å²) in [7, 11) is 0. The van der Waals surface area contributed by atoms with Crippen LogP contribution in [0.1, 0.15) is 11.1 Å². The van der Waals surface area contributed by atoms with E-state index in [1.807, 2.05) is 32.0 Å². The summed E-state index contributed by atoms with van der Waals surface area (Å²) in [5.41, 5.74) is 3.77. The van der Waals surface area contributed by atoms with Crippen molar-refractivity contribution in [2.24, 2.45) is 0 Å². The fourth-order valence-corrected chi connectivity index (χ4v) is 2.26. The second-order valence-corrected chi connectivity index (χ2v) is 5.54. The summed E-state index contributed by atoms with van der Waals surface area (Å²) in [6, 6.07) is 11.1. The third-order valence-electron chi connectivity index (χ3n) is 3.27. The van der Waals surface area contributed by atoms with Gasteiger partial charge < -0.3 is 10.6 Å². The van der Waals surface area contributed by atoms with Crippen LogP contribution in [0.3, 0.4) is 0 Å².